The van der Waals surface area contributed by atoms with Gasteiger partial charge in [0.1, 0.15) is 0 Å². The summed E-state index contributed by atoms with van der Waals surface area (Å²) in [5.74, 6) is -2.09. The first kappa shape index (κ1) is 14.3. The molecular weight excluding hydrogens is 256 g/mol. The second-order valence-electron chi connectivity index (χ2n) is 4.12. The van der Waals surface area contributed by atoms with Crippen LogP contribution in [0.4, 0.5) is 5.69 Å². The molecule has 0 aromatic heterocycles. The minimum absolute atomic E-state index is 0.208. The van der Waals surface area contributed by atoms with Gasteiger partial charge in [0.15, 0.2) is 0 Å². The molecule has 1 aromatic carbocycles. The molecule has 0 heterocycles. The molecule has 0 saturated heterocycles. The van der Waals surface area contributed by atoms with E-state index in [4.69, 9.17) is 22.4 Å². The van der Waals surface area contributed by atoms with Crippen LogP contribution in [0.2, 0.25) is 5.02 Å². The highest BCUT2D eigenvalue weighted by molar-refractivity contribution is 6.34. The van der Waals surface area contributed by atoms with Gasteiger partial charge < -0.3 is 15.7 Å². The Morgan fingerprint density at radius 1 is 1.50 bits per heavy atom. The highest BCUT2D eigenvalue weighted by Gasteiger charge is 2.19. The van der Waals surface area contributed by atoms with E-state index >= 15 is 0 Å². The number of carbonyl (C=O) groups excluding carboxylic acids is 1. The van der Waals surface area contributed by atoms with Crippen LogP contribution in [-0.2, 0) is 4.79 Å². The molecule has 0 fully saturated rings. The third-order valence-electron chi connectivity index (χ3n) is 2.62. The van der Waals surface area contributed by atoms with Gasteiger partial charge in [0.2, 0.25) is 0 Å². The number of aliphatic carboxylic acids is 1. The topological polar surface area (TPSA) is 83.6 Å². The summed E-state index contributed by atoms with van der Waals surface area (Å²) >= 11 is 5.92. The zero-order chi connectivity index (χ0) is 13.9. The average Bonchev–Trinajstić information content (AvgIpc) is 2.27. The van der Waals surface area contributed by atoms with Crippen LogP contribution >= 0.6 is 11.6 Å². The standard InChI is InChI=1S/C12H15ClN2O3/c1-7(12(17)18)6-15(2)9-5-3-4-8(13)10(9)11(14)16/h3-5,7H,6H2,1-2H3,(H2,14,16)(H,17,18). The number of anilines is 1. The van der Waals surface area contributed by atoms with E-state index in [-0.39, 0.29) is 17.1 Å². The molecule has 0 bridgehead atoms. The van der Waals surface area contributed by atoms with Crippen molar-refractivity contribution >= 4 is 29.2 Å². The van der Waals surface area contributed by atoms with E-state index in [9.17, 15) is 9.59 Å². The first-order chi connectivity index (χ1) is 8.34. The Morgan fingerprint density at radius 3 is 2.61 bits per heavy atom. The van der Waals surface area contributed by atoms with Crippen molar-refractivity contribution < 1.29 is 14.7 Å². The fraction of sp³-hybridized carbons (Fsp3) is 0.333. The summed E-state index contributed by atoms with van der Waals surface area (Å²) in [6.45, 7) is 1.85. The van der Waals surface area contributed by atoms with Crippen LogP contribution in [-0.4, -0.2) is 30.6 Å². The van der Waals surface area contributed by atoms with Crippen LogP contribution in [0.25, 0.3) is 0 Å². The molecule has 0 saturated carbocycles. The number of nitrogens with two attached hydrogens (primary N) is 1. The molecule has 0 radical (unpaired) electrons. The Hall–Kier alpha value is -1.75. The van der Waals surface area contributed by atoms with E-state index in [1.165, 1.54) is 0 Å². The van der Waals surface area contributed by atoms with Crippen LogP contribution in [0.1, 0.15) is 17.3 Å². The van der Waals surface area contributed by atoms with E-state index in [0.29, 0.717) is 5.69 Å². The second-order valence-corrected chi connectivity index (χ2v) is 4.53. The maximum atomic E-state index is 11.4. The molecule has 0 aliphatic rings. The minimum Gasteiger partial charge on any atom is -0.481 e. The molecular formula is C12H15ClN2O3. The number of carboxylic acids is 1. The number of primary amides is 1. The van der Waals surface area contributed by atoms with E-state index in [1.807, 2.05) is 0 Å². The van der Waals surface area contributed by atoms with Crippen LogP contribution in [0.15, 0.2) is 18.2 Å². The average molecular weight is 271 g/mol. The molecule has 5 nitrogen and oxygen atoms in total. The van der Waals surface area contributed by atoms with Gasteiger partial charge in [-0.3, -0.25) is 9.59 Å². The summed E-state index contributed by atoms with van der Waals surface area (Å²) in [6, 6.07) is 4.94. The lowest BCUT2D eigenvalue weighted by atomic mass is 10.1. The van der Waals surface area contributed by atoms with Gasteiger partial charge in [0, 0.05) is 13.6 Å². The Kier molecular flexibility index (Phi) is 4.55. The molecule has 0 aliphatic carbocycles. The lowest BCUT2D eigenvalue weighted by Crippen LogP contribution is -2.30. The van der Waals surface area contributed by atoms with Crippen molar-refractivity contribution in [2.75, 3.05) is 18.5 Å². The third-order valence-corrected chi connectivity index (χ3v) is 2.93. The van der Waals surface area contributed by atoms with Crippen molar-refractivity contribution in [3.8, 4) is 0 Å². The van der Waals surface area contributed by atoms with E-state index in [2.05, 4.69) is 0 Å². The number of benzene rings is 1. The largest absolute Gasteiger partial charge is 0.481 e. The Labute approximate surface area is 110 Å². The molecule has 1 rings (SSSR count). The molecule has 98 valence electrons. The van der Waals surface area contributed by atoms with Crippen molar-refractivity contribution in [3.05, 3.63) is 28.8 Å². The molecule has 6 heteroatoms. The van der Waals surface area contributed by atoms with Crippen molar-refractivity contribution in [3.63, 3.8) is 0 Å². The lowest BCUT2D eigenvalue weighted by molar-refractivity contribution is -0.140. The predicted octanol–water partition coefficient (Wildman–Crippen LogP) is 1.60. The summed E-state index contributed by atoms with van der Waals surface area (Å²) in [4.78, 5) is 23.8. The fourth-order valence-electron chi connectivity index (χ4n) is 1.66. The number of carbonyl (C=O) groups is 2. The van der Waals surface area contributed by atoms with Crippen molar-refractivity contribution in [2.24, 2.45) is 11.7 Å². The summed E-state index contributed by atoms with van der Waals surface area (Å²) in [5, 5.41) is 9.13. The predicted molar refractivity (Wildman–Crippen MR) is 70.0 cm³/mol. The van der Waals surface area contributed by atoms with Crippen LogP contribution < -0.4 is 10.6 Å². The number of hydrogen-bond acceptors (Lipinski definition) is 3. The number of amides is 1. The zero-order valence-corrected chi connectivity index (χ0v) is 10.9. The van der Waals surface area contributed by atoms with Gasteiger partial charge in [0.05, 0.1) is 22.2 Å². The van der Waals surface area contributed by atoms with Crippen molar-refractivity contribution in [1.29, 1.82) is 0 Å². The zero-order valence-electron chi connectivity index (χ0n) is 10.2. The molecule has 1 unspecified atom stereocenters. The molecule has 3 N–H and O–H groups in total. The maximum Gasteiger partial charge on any atom is 0.308 e. The molecule has 0 aliphatic heterocycles. The van der Waals surface area contributed by atoms with Crippen molar-refractivity contribution in [2.45, 2.75) is 6.92 Å². The van der Waals surface area contributed by atoms with E-state index in [1.54, 1.807) is 37.1 Å². The second kappa shape index (κ2) is 5.73. The van der Waals surface area contributed by atoms with Crippen molar-refractivity contribution in [1.82, 2.24) is 0 Å². The maximum absolute atomic E-state index is 11.4. The molecule has 0 spiro atoms. The van der Waals surface area contributed by atoms with Gasteiger partial charge >= 0.3 is 5.97 Å². The first-order valence-electron chi connectivity index (χ1n) is 5.36. The minimum atomic E-state index is -0.899. The van der Waals surface area contributed by atoms with Gasteiger partial charge in [0.25, 0.3) is 5.91 Å². The summed E-state index contributed by atoms with van der Waals surface area (Å²) < 4.78 is 0. The molecule has 1 atom stereocenters. The lowest BCUT2D eigenvalue weighted by Gasteiger charge is -2.23. The van der Waals surface area contributed by atoms with Crippen LogP contribution in [0, 0.1) is 5.92 Å². The summed E-state index contributed by atoms with van der Waals surface area (Å²) in [6.07, 6.45) is 0. The quantitative estimate of drug-likeness (QED) is 0.851. The first-order valence-corrected chi connectivity index (χ1v) is 5.74. The van der Waals surface area contributed by atoms with Gasteiger partial charge in [-0.15, -0.1) is 0 Å². The molecule has 1 amide bonds. The Balaban J connectivity index is 3.06. The normalized spacial score (nSPS) is 11.9. The van der Waals surface area contributed by atoms with Gasteiger partial charge in [-0.25, -0.2) is 0 Å². The fourth-order valence-corrected chi connectivity index (χ4v) is 1.92. The molecule has 1 aromatic rings. The van der Waals surface area contributed by atoms with Gasteiger partial charge in [-0.1, -0.05) is 24.6 Å². The van der Waals surface area contributed by atoms with E-state index in [0.717, 1.165) is 0 Å². The van der Waals surface area contributed by atoms with Gasteiger partial charge in [-0.2, -0.15) is 0 Å². The highest BCUT2D eigenvalue weighted by Crippen LogP contribution is 2.26. The van der Waals surface area contributed by atoms with Gasteiger partial charge in [-0.05, 0) is 12.1 Å². The molecule has 18 heavy (non-hydrogen) atoms. The number of halogens is 1. The Bertz CT molecular complexity index is 476. The SMILES string of the molecule is CC(CN(C)c1cccc(Cl)c1C(N)=O)C(=O)O. The van der Waals surface area contributed by atoms with E-state index < -0.39 is 17.8 Å². The number of rotatable bonds is 5. The number of nitrogens with zero attached hydrogens (tertiary/aromatic N) is 1. The monoisotopic (exact) mass is 270 g/mol. The summed E-state index contributed by atoms with van der Waals surface area (Å²) in [5.41, 5.74) is 6.02. The number of hydrogen-bond donors (Lipinski definition) is 2. The Morgan fingerprint density at radius 2 is 2.11 bits per heavy atom. The van der Waals surface area contributed by atoms with Crippen LogP contribution in [0.3, 0.4) is 0 Å². The number of carboxylic acid groups (broad SMARTS) is 1. The third kappa shape index (κ3) is 3.13. The van der Waals surface area contributed by atoms with Crippen LogP contribution in [0.5, 0.6) is 0 Å². The smallest absolute Gasteiger partial charge is 0.308 e. The summed E-state index contributed by atoms with van der Waals surface area (Å²) in [7, 11) is 1.69. The highest BCUT2D eigenvalue weighted by atomic mass is 35.5.